The predicted molar refractivity (Wildman–Crippen MR) is 148 cm³/mol. The fourth-order valence-corrected chi connectivity index (χ4v) is 4.37. The second-order valence-electron chi connectivity index (χ2n) is 10.7. The van der Waals surface area contributed by atoms with Crippen LogP contribution in [0.2, 0.25) is 0 Å². The van der Waals surface area contributed by atoms with Gasteiger partial charge in [-0.1, -0.05) is 30.3 Å². The molecule has 3 amide bonds. The normalized spacial score (nSPS) is 14.4. The first-order chi connectivity index (χ1) is 19.0. The lowest BCUT2D eigenvalue weighted by Crippen LogP contribution is -2.55. The third-order valence-corrected chi connectivity index (χ3v) is 6.33. The number of piperazine rings is 1. The van der Waals surface area contributed by atoms with E-state index in [9.17, 15) is 29.4 Å². The molecule has 1 aliphatic rings. The molecule has 1 aromatic carbocycles. The van der Waals surface area contributed by atoms with Crippen molar-refractivity contribution >= 4 is 23.9 Å². The van der Waals surface area contributed by atoms with Crippen LogP contribution >= 0.6 is 0 Å². The summed E-state index contributed by atoms with van der Waals surface area (Å²) in [6.45, 7) is 5.91. The second kappa shape index (κ2) is 13.9. The van der Waals surface area contributed by atoms with E-state index in [0.717, 1.165) is 11.1 Å². The molecule has 40 heavy (non-hydrogen) atoms. The maximum absolute atomic E-state index is 13.5. The van der Waals surface area contributed by atoms with Crippen LogP contribution < -0.4 is 5.32 Å². The van der Waals surface area contributed by atoms with Crippen molar-refractivity contribution in [3.05, 3.63) is 53.7 Å². The highest BCUT2D eigenvalue weighted by molar-refractivity contribution is 5.97. The third kappa shape index (κ3) is 9.04. The average molecular weight is 555 g/mol. The first-order valence-electron chi connectivity index (χ1n) is 13.4. The summed E-state index contributed by atoms with van der Waals surface area (Å²) in [6, 6.07) is 11.8. The summed E-state index contributed by atoms with van der Waals surface area (Å²) in [5.74, 6) is -1.47. The maximum Gasteiger partial charge on any atom is 0.407 e. The van der Waals surface area contributed by atoms with E-state index in [1.807, 2.05) is 36.4 Å². The number of aromatic nitrogens is 1. The van der Waals surface area contributed by atoms with E-state index in [1.165, 1.54) is 9.80 Å². The van der Waals surface area contributed by atoms with Gasteiger partial charge in [0.1, 0.15) is 17.3 Å². The number of ether oxygens (including phenoxy) is 1. The number of carbonyl (C=O) groups is 4. The van der Waals surface area contributed by atoms with Crippen LogP contribution in [-0.2, 0) is 20.7 Å². The van der Waals surface area contributed by atoms with Crippen molar-refractivity contribution in [3.8, 4) is 11.3 Å². The van der Waals surface area contributed by atoms with Crippen molar-refractivity contribution in [1.82, 2.24) is 20.1 Å². The van der Waals surface area contributed by atoms with Gasteiger partial charge in [-0.15, -0.1) is 0 Å². The number of aliphatic hydroxyl groups excluding tert-OH is 1. The molecule has 0 aliphatic carbocycles. The molecule has 0 bridgehead atoms. The summed E-state index contributed by atoms with van der Waals surface area (Å²) in [4.78, 5) is 57.9. The molecule has 1 fully saturated rings. The minimum atomic E-state index is -1.05. The Bertz CT molecular complexity index is 1190. The van der Waals surface area contributed by atoms with Crippen LogP contribution in [0.3, 0.4) is 0 Å². The minimum Gasteiger partial charge on any atom is -0.465 e. The third-order valence-electron chi connectivity index (χ3n) is 6.33. The molecular formula is C29H38N4O7. The fraction of sp³-hybridized carbons (Fsp3) is 0.483. The first kappa shape index (κ1) is 30.6. The predicted octanol–water partition coefficient (Wildman–Crippen LogP) is 2.72. The Morgan fingerprint density at radius 2 is 1.68 bits per heavy atom. The Morgan fingerprint density at radius 3 is 2.27 bits per heavy atom. The number of rotatable bonds is 10. The number of esters is 1. The summed E-state index contributed by atoms with van der Waals surface area (Å²) in [5, 5.41) is 21.3. The molecule has 11 heteroatoms. The smallest absolute Gasteiger partial charge is 0.407 e. The summed E-state index contributed by atoms with van der Waals surface area (Å²) in [7, 11) is 0. The van der Waals surface area contributed by atoms with Crippen LogP contribution in [0, 0.1) is 0 Å². The van der Waals surface area contributed by atoms with Gasteiger partial charge >= 0.3 is 12.1 Å². The molecule has 3 rings (SSSR count). The van der Waals surface area contributed by atoms with E-state index in [0.29, 0.717) is 18.5 Å². The molecule has 1 aromatic heterocycles. The van der Waals surface area contributed by atoms with Crippen molar-refractivity contribution in [2.45, 2.75) is 58.1 Å². The molecule has 1 aliphatic heterocycles. The Balaban J connectivity index is 1.83. The number of carbonyl (C=O) groups excluding carboxylic acids is 3. The zero-order valence-electron chi connectivity index (χ0n) is 23.3. The van der Waals surface area contributed by atoms with Crippen molar-refractivity contribution in [2.75, 3.05) is 32.8 Å². The van der Waals surface area contributed by atoms with Crippen LogP contribution in [-0.4, -0.2) is 93.3 Å². The largest absolute Gasteiger partial charge is 0.465 e. The van der Waals surface area contributed by atoms with Gasteiger partial charge in [-0.2, -0.15) is 0 Å². The summed E-state index contributed by atoms with van der Waals surface area (Å²) < 4.78 is 5.38. The molecule has 0 spiro atoms. The second-order valence-corrected chi connectivity index (χ2v) is 10.7. The number of pyridine rings is 1. The van der Waals surface area contributed by atoms with Gasteiger partial charge in [0.2, 0.25) is 5.91 Å². The molecule has 2 heterocycles. The van der Waals surface area contributed by atoms with Gasteiger partial charge < -0.3 is 30.1 Å². The van der Waals surface area contributed by atoms with E-state index in [1.54, 1.807) is 26.8 Å². The summed E-state index contributed by atoms with van der Waals surface area (Å²) >= 11 is 0. The zero-order chi connectivity index (χ0) is 29.3. The van der Waals surface area contributed by atoms with Crippen molar-refractivity contribution in [3.63, 3.8) is 0 Å². The number of hydrogen-bond acceptors (Lipinski definition) is 7. The number of nitrogens with zero attached hydrogens (tertiary/aromatic N) is 3. The summed E-state index contributed by atoms with van der Waals surface area (Å²) in [5.41, 5.74) is 1.63. The molecule has 11 nitrogen and oxygen atoms in total. The SMILES string of the molecule is CC(C)(C)OC(=O)CC[C@H](NC(=O)c1cc(CCCO)cc(-c2ccccc2)n1)C(=O)N1CCN(C(=O)O)CC1. The van der Waals surface area contributed by atoms with Gasteiger partial charge in [0, 0.05) is 44.8 Å². The van der Waals surface area contributed by atoms with Gasteiger partial charge in [0.25, 0.3) is 5.91 Å². The number of nitrogens with one attached hydrogen (secondary N) is 1. The number of aliphatic hydroxyl groups is 1. The van der Waals surface area contributed by atoms with Gasteiger partial charge in [0.15, 0.2) is 0 Å². The lowest BCUT2D eigenvalue weighted by atomic mass is 10.0. The van der Waals surface area contributed by atoms with E-state index >= 15 is 0 Å². The quantitative estimate of drug-likeness (QED) is 0.380. The Morgan fingerprint density at radius 1 is 1.02 bits per heavy atom. The molecule has 2 aromatic rings. The lowest BCUT2D eigenvalue weighted by molar-refractivity contribution is -0.155. The zero-order valence-corrected chi connectivity index (χ0v) is 23.3. The first-order valence-corrected chi connectivity index (χ1v) is 13.4. The molecule has 0 radical (unpaired) electrons. The van der Waals surface area contributed by atoms with Gasteiger partial charge in [-0.3, -0.25) is 14.4 Å². The minimum absolute atomic E-state index is 0.000899. The number of hydrogen-bond donors (Lipinski definition) is 3. The lowest BCUT2D eigenvalue weighted by Gasteiger charge is -2.35. The molecule has 0 unspecified atom stereocenters. The Hall–Kier alpha value is -3.99. The van der Waals surface area contributed by atoms with E-state index in [2.05, 4.69) is 10.3 Å². The van der Waals surface area contributed by atoms with E-state index in [4.69, 9.17) is 4.74 Å². The van der Waals surface area contributed by atoms with Crippen LogP contribution in [0.4, 0.5) is 4.79 Å². The highest BCUT2D eigenvalue weighted by atomic mass is 16.6. The van der Waals surface area contributed by atoms with Gasteiger partial charge in [-0.05, 0) is 57.7 Å². The molecule has 3 N–H and O–H groups in total. The number of amides is 3. The van der Waals surface area contributed by atoms with Crippen molar-refractivity contribution in [2.24, 2.45) is 0 Å². The van der Waals surface area contributed by atoms with E-state index < -0.39 is 35.5 Å². The maximum atomic E-state index is 13.5. The summed E-state index contributed by atoms with van der Waals surface area (Å²) in [6.07, 6.45) is -0.0910. The van der Waals surface area contributed by atoms with E-state index in [-0.39, 0.29) is 51.3 Å². The van der Waals surface area contributed by atoms with Crippen LogP contribution in [0.1, 0.15) is 56.1 Å². The highest BCUT2D eigenvalue weighted by Crippen LogP contribution is 2.21. The van der Waals surface area contributed by atoms with Gasteiger partial charge in [0.05, 0.1) is 5.69 Å². The Labute approximate surface area is 234 Å². The monoisotopic (exact) mass is 554 g/mol. The number of aryl methyl sites for hydroxylation is 1. The fourth-order valence-electron chi connectivity index (χ4n) is 4.37. The van der Waals surface area contributed by atoms with Crippen molar-refractivity contribution < 1.29 is 34.1 Å². The molecule has 1 atom stereocenters. The standard InChI is InChI=1S/C29H38N4O7/c1-29(2,3)40-25(35)12-11-22(27(37)32-13-15-33(16-14-32)28(38)39)31-26(36)24-19-20(8-7-17-34)18-23(30-24)21-9-5-4-6-10-21/h4-6,9-10,18-19,22,34H,7-8,11-17H2,1-3H3,(H,31,36)(H,38,39)/t22-/m0/s1. The average Bonchev–Trinajstić information content (AvgIpc) is 2.93. The number of benzene rings is 1. The molecule has 216 valence electrons. The highest BCUT2D eigenvalue weighted by Gasteiger charge is 2.31. The van der Waals surface area contributed by atoms with Crippen LogP contribution in [0.25, 0.3) is 11.3 Å². The van der Waals surface area contributed by atoms with Gasteiger partial charge in [-0.25, -0.2) is 9.78 Å². The number of carboxylic acid groups (broad SMARTS) is 1. The van der Waals surface area contributed by atoms with Crippen LogP contribution in [0.15, 0.2) is 42.5 Å². The molecule has 0 saturated carbocycles. The molecular weight excluding hydrogens is 516 g/mol. The topological polar surface area (TPSA) is 149 Å². The van der Waals surface area contributed by atoms with Crippen LogP contribution in [0.5, 0.6) is 0 Å². The van der Waals surface area contributed by atoms with Crippen molar-refractivity contribution in [1.29, 1.82) is 0 Å². The molecule has 1 saturated heterocycles. The Kier molecular flexibility index (Phi) is 10.6.